The Labute approximate surface area is 95.8 Å². The van der Waals surface area contributed by atoms with Crippen LogP contribution in [0.2, 0.25) is 0 Å². The number of rotatable bonds is 4. The van der Waals surface area contributed by atoms with Crippen LogP contribution in [0.3, 0.4) is 0 Å². The maximum atomic E-state index is 11.4. The number of hydrogen-bond acceptors (Lipinski definition) is 3. The standard InChI is InChI=1S/C11H20N2O3/c1-9-3-2-5-13(6-4-9)8-10(14)12-7-11(15)16/h9H,2-8H2,1H3,(H,12,14)(H,15,16). The van der Waals surface area contributed by atoms with Gasteiger partial charge in [-0.1, -0.05) is 6.92 Å². The smallest absolute Gasteiger partial charge is 0.322 e. The molecular weight excluding hydrogens is 208 g/mol. The molecule has 1 heterocycles. The lowest BCUT2D eigenvalue weighted by Crippen LogP contribution is -2.39. The van der Waals surface area contributed by atoms with Crippen molar-refractivity contribution in [1.29, 1.82) is 0 Å². The molecule has 1 amide bonds. The second-order valence-corrected chi connectivity index (χ2v) is 4.48. The lowest BCUT2D eigenvalue weighted by molar-refractivity contribution is -0.138. The average molecular weight is 228 g/mol. The summed E-state index contributed by atoms with van der Waals surface area (Å²) in [7, 11) is 0. The van der Waals surface area contributed by atoms with Crippen molar-refractivity contribution < 1.29 is 14.7 Å². The molecule has 16 heavy (non-hydrogen) atoms. The second-order valence-electron chi connectivity index (χ2n) is 4.48. The van der Waals surface area contributed by atoms with Gasteiger partial charge in [-0.15, -0.1) is 0 Å². The van der Waals surface area contributed by atoms with Crippen molar-refractivity contribution in [3.63, 3.8) is 0 Å². The number of carbonyl (C=O) groups is 2. The Morgan fingerprint density at radius 3 is 2.81 bits per heavy atom. The van der Waals surface area contributed by atoms with Gasteiger partial charge in [0.25, 0.3) is 0 Å². The third-order valence-electron chi connectivity index (χ3n) is 2.91. The van der Waals surface area contributed by atoms with E-state index in [0.29, 0.717) is 6.54 Å². The van der Waals surface area contributed by atoms with Crippen LogP contribution in [0.5, 0.6) is 0 Å². The van der Waals surface area contributed by atoms with Crippen molar-refractivity contribution in [3.05, 3.63) is 0 Å². The highest BCUT2D eigenvalue weighted by Gasteiger charge is 2.16. The molecule has 1 atom stereocenters. The zero-order valence-corrected chi connectivity index (χ0v) is 9.74. The zero-order chi connectivity index (χ0) is 12.0. The summed E-state index contributed by atoms with van der Waals surface area (Å²) < 4.78 is 0. The fraction of sp³-hybridized carbons (Fsp3) is 0.818. The van der Waals surface area contributed by atoms with Crippen LogP contribution >= 0.6 is 0 Å². The number of nitrogens with zero attached hydrogens (tertiary/aromatic N) is 1. The molecule has 1 saturated heterocycles. The number of carbonyl (C=O) groups excluding carboxylic acids is 1. The molecule has 5 heteroatoms. The Kier molecular flexibility index (Phi) is 5.25. The highest BCUT2D eigenvalue weighted by molar-refractivity contribution is 5.82. The first-order valence-electron chi connectivity index (χ1n) is 5.79. The highest BCUT2D eigenvalue weighted by Crippen LogP contribution is 2.15. The van der Waals surface area contributed by atoms with Crippen molar-refractivity contribution in [1.82, 2.24) is 10.2 Å². The lowest BCUT2D eigenvalue weighted by Gasteiger charge is -2.18. The molecule has 1 aliphatic heterocycles. The van der Waals surface area contributed by atoms with Crippen LogP contribution in [0.15, 0.2) is 0 Å². The molecule has 0 radical (unpaired) electrons. The average Bonchev–Trinajstić information content (AvgIpc) is 2.41. The van der Waals surface area contributed by atoms with Gasteiger partial charge < -0.3 is 10.4 Å². The maximum Gasteiger partial charge on any atom is 0.322 e. The molecule has 0 saturated carbocycles. The van der Waals surface area contributed by atoms with E-state index in [1.807, 2.05) is 0 Å². The molecule has 1 unspecified atom stereocenters. The van der Waals surface area contributed by atoms with E-state index in [2.05, 4.69) is 17.1 Å². The van der Waals surface area contributed by atoms with Crippen molar-refractivity contribution >= 4 is 11.9 Å². The van der Waals surface area contributed by atoms with E-state index in [9.17, 15) is 9.59 Å². The SMILES string of the molecule is CC1CCCN(CC(=O)NCC(=O)O)CC1. The first kappa shape index (κ1) is 13.0. The summed E-state index contributed by atoms with van der Waals surface area (Å²) in [4.78, 5) is 23.8. The minimum atomic E-state index is -1.00. The number of likely N-dealkylation sites (tertiary alicyclic amines) is 1. The van der Waals surface area contributed by atoms with Crippen LogP contribution in [0, 0.1) is 5.92 Å². The molecular formula is C11H20N2O3. The summed E-state index contributed by atoms with van der Waals surface area (Å²) in [6, 6.07) is 0. The minimum Gasteiger partial charge on any atom is -0.480 e. The van der Waals surface area contributed by atoms with Crippen LogP contribution < -0.4 is 5.32 Å². The van der Waals surface area contributed by atoms with Crippen LogP contribution in [0.1, 0.15) is 26.2 Å². The van der Waals surface area contributed by atoms with E-state index < -0.39 is 5.97 Å². The Bertz CT molecular complexity index is 256. The monoisotopic (exact) mass is 228 g/mol. The number of carboxylic acids is 1. The van der Waals surface area contributed by atoms with Gasteiger partial charge in [-0.05, 0) is 38.3 Å². The molecule has 1 fully saturated rings. The number of hydrogen-bond donors (Lipinski definition) is 2. The molecule has 1 aliphatic rings. The summed E-state index contributed by atoms with van der Waals surface area (Å²) in [5, 5.41) is 10.8. The summed E-state index contributed by atoms with van der Waals surface area (Å²) in [5.41, 5.74) is 0. The van der Waals surface area contributed by atoms with E-state index in [-0.39, 0.29) is 12.5 Å². The predicted octanol–water partition coefficient (Wildman–Crippen LogP) is 0.309. The fourth-order valence-corrected chi connectivity index (χ4v) is 1.91. The molecule has 0 aromatic rings. The quantitative estimate of drug-likeness (QED) is 0.726. The Balaban J connectivity index is 2.24. The predicted molar refractivity (Wildman–Crippen MR) is 60.1 cm³/mol. The van der Waals surface area contributed by atoms with Gasteiger partial charge in [0.2, 0.25) is 5.91 Å². The van der Waals surface area contributed by atoms with Crippen LogP contribution in [0.4, 0.5) is 0 Å². The van der Waals surface area contributed by atoms with Crippen LogP contribution in [-0.2, 0) is 9.59 Å². The Morgan fingerprint density at radius 2 is 2.12 bits per heavy atom. The topological polar surface area (TPSA) is 69.6 Å². The van der Waals surface area contributed by atoms with E-state index in [0.717, 1.165) is 31.8 Å². The molecule has 0 spiro atoms. The third kappa shape index (κ3) is 5.11. The minimum absolute atomic E-state index is 0.197. The van der Waals surface area contributed by atoms with Crippen molar-refractivity contribution in [2.45, 2.75) is 26.2 Å². The summed E-state index contributed by atoms with van der Waals surface area (Å²) >= 11 is 0. The van der Waals surface area contributed by atoms with Crippen molar-refractivity contribution in [3.8, 4) is 0 Å². The first-order chi connectivity index (χ1) is 7.58. The van der Waals surface area contributed by atoms with E-state index >= 15 is 0 Å². The number of carboxylic acid groups (broad SMARTS) is 1. The van der Waals surface area contributed by atoms with E-state index in [1.54, 1.807) is 0 Å². The number of amides is 1. The molecule has 2 N–H and O–H groups in total. The summed E-state index contributed by atoms with van der Waals surface area (Å²) in [5.74, 6) is -0.470. The summed E-state index contributed by atoms with van der Waals surface area (Å²) in [6.45, 7) is 4.13. The maximum absolute atomic E-state index is 11.4. The van der Waals surface area contributed by atoms with E-state index in [4.69, 9.17) is 5.11 Å². The molecule has 0 aromatic carbocycles. The van der Waals surface area contributed by atoms with Gasteiger partial charge in [0.05, 0.1) is 6.54 Å². The highest BCUT2D eigenvalue weighted by atomic mass is 16.4. The molecule has 0 bridgehead atoms. The van der Waals surface area contributed by atoms with E-state index in [1.165, 1.54) is 6.42 Å². The zero-order valence-electron chi connectivity index (χ0n) is 9.74. The van der Waals surface area contributed by atoms with Gasteiger partial charge in [-0.25, -0.2) is 0 Å². The molecule has 0 aliphatic carbocycles. The van der Waals surface area contributed by atoms with Crippen LogP contribution in [0.25, 0.3) is 0 Å². The lowest BCUT2D eigenvalue weighted by atomic mass is 10.0. The van der Waals surface area contributed by atoms with Gasteiger partial charge in [-0.2, -0.15) is 0 Å². The number of aliphatic carboxylic acids is 1. The van der Waals surface area contributed by atoms with Gasteiger partial charge in [0.1, 0.15) is 6.54 Å². The van der Waals surface area contributed by atoms with Gasteiger partial charge >= 0.3 is 5.97 Å². The van der Waals surface area contributed by atoms with Crippen molar-refractivity contribution in [2.24, 2.45) is 5.92 Å². The Hall–Kier alpha value is -1.10. The molecule has 5 nitrogen and oxygen atoms in total. The summed E-state index contributed by atoms with van der Waals surface area (Å²) in [6.07, 6.45) is 3.45. The first-order valence-corrected chi connectivity index (χ1v) is 5.79. The van der Waals surface area contributed by atoms with Crippen molar-refractivity contribution in [2.75, 3.05) is 26.2 Å². The van der Waals surface area contributed by atoms with Crippen LogP contribution in [-0.4, -0.2) is 48.1 Å². The largest absolute Gasteiger partial charge is 0.480 e. The molecule has 0 aromatic heterocycles. The number of nitrogens with one attached hydrogen (secondary N) is 1. The van der Waals surface area contributed by atoms with Gasteiger partial charge in [-0.3, -0.25) is 14.5 Å². The van der Waals surface area contributed by atoms with Gasteiger partial charge in [0, 0.05) is 0 Å². The molecule has 92 valence electrons. The Morgan fingerprint density at radius 1 is 1.38 bits per heavy atom. The fourth-order valence-electron chi connectivity index (χ4n) is 1.91. The molecule has 1 rings (SSSR count). The van der Waals surface area contributed by atoms with Gasteiger partial charge in [0.15, 0.2) is 0 Å². The third-order valence-corrected chi connectivity index (χ3v) is 2.91. The second kappa shape index (κ2) is 6.48. The normalized spacial score (nSPS) is 22.4.